The van der Waals surface area contributed by atoms with Gasteiger partial charge in [-0.3, -0.25) is 19.6 Å². The lowest BCUT2D eigenvalue weighted by Crippen LogP contribution is -2.59. The average molecular weight is 529 g/mol. The van der Waals surface area contributed by atoms with E-state index in [9.17, 15) is 9.59 Å². The van der Waals surface area contributed by atoms with E-state index in [1.807, 2.05) is 48.8 Å². The van der Waals surface area contributed by atoms with Crippen LogP contribution >= 0.6 is 11.6 Å². The first-order valence-electron chi connectivity index (χ1n) is 13.3. The molecule has 1 fully saturated rings. The summed E-state index contributed by atoms with van der Waals surface area (Å²) >= 11 is 6.32. The molecule has 2 N–H and O–H groups in total. The lowest BCUT2D eigenvalue weighted by molar-refractivity contribution is -0.127. The minimum Gasteiger partial charge on any atom is -0.353 e. The first kappa shape index (κ1) is 26.1. The van der Waals surface area contributed by atoms with Crippen LogP contribution in [-0.4, -0.2) is 35.1 Å². The minimum absolute atomic E-state index is 0.104. The highest BCUT2D eigenvalue weighted by Crippen LogP contribution is 2.39. The van der Waals surface area contributed by atoms with E-state index in [1.54, 1.807) is 31.2 Å². The molecule has 5 rings (SSSR count). The van der Waals surface area contributed by atoms with Gasteiger partial charge in [-0.25, -0.2) is 0 Å². The molecule has 0 radical (unpaired) electrons. The number of benzene rings is 2. The molecule has 38 heavy (non-hydrogen) atoms. The van der Waals surface area contributed by atoms with E-state index >= 15 is 0 Å². The Morgan fingerprint density at radius 2 is 1.74 bits per heavy atom. The highest BCUT2D eigenvalue weighted by atomic mass is 35.5. The van der Waals surface area contributed by atoms with E-state index in [2.05, 4.69) is 26.7 Å². The van der Waals surface area contributed by atoms with E-state index < -0.39 is 5.54 Å². The molecule has 1 aliphatic heterocycles. The van der Waals surface area contributed by atoms with Gasteiger partial charge < -0.3 is 10.6 Å². The molecule has 3 aromatic rings. The van der Waals surface area contributed by atoms with E-state index in [1.165, 1.54) is 6.42 Å². The van der Waals surface area contributed by atoms with Gasteiger partial charge in [0.2, 0.25) is 5.91 Å². The van der Waals surface area contributed by atoms with Gasteiger partial charge in [-0.05, 0) is 62.1 Å². The van der Waals surface area contributed by atoms with Gasteiger partial charge in [0.1, 0.15) is 5.54 Å². The Kier molecular flexibility index (Phi) is 7.61. The van der Waals surface area contributed by atoms with E-state index in [0.717, 1.165) is 42.6 Å². The molecule has 0 bridgehead atoms. The fourth-order valence-electron chi connectivity index (χ4n) is 5.81. The Balaban J connectivity index is 1.41. The number of aromatic nitrogens is 1. The van der Waals surface area contributed by atoms with Gasteiger partial charge in [0, 0.05) is 36.0 Å². The maximum Gasteiger partial charge on any atom is 0.253 e. The smallest absolute Gasteiger partial charge is 0.253 e. The monoisotopic (exact) mass is 528 g/mol. The second-order valence-corrected chi connectivity index (χ2v) is 11.1. The first-order chi connectivity index (χ1) is 18.4. The fourth-order valence-corrected chi connectivity index (χ4v) is 6.03. The third-order valence-corrected chi connectivity index (χ3v) is 8.30. The number of aliphatic imine (C=N–C) groups is 1. The molecule has 2 atom stereocenters. The average Bonchev–Trinajstić information content (AvgIpc) is 3.35. The summed E-state index contributed by atoms with van der Waals surface area (Å²) in [5, 5.41) is 6.61. The number of fused-ring (bicyclic) bond motifs is 1. The maximum atomic E-state index is 14.0. The van der Waals surface area contributed by atoms with Crippen LogP contribution in [0, 0.1) is 0 Å². The van der Waals surface area contributed by atoms with E-state index in [0.29, 0.717) is 23.6 Å². The summed E-state index contributed by atoms with van der Waals surface area (Å²) in [6, 6.07) is 20.8. The van der Waals surface area contributed by atoms with E-state index in [-0.39, 0.29) is 23.1 Å². The summed E-state index contributed by atoms with van der Waals surface area (Å²) in [4.78, 5) is 36.6. The lowest BCUT2D eigenvalue weighted by Gasteiger charge is -2.39. The molecule has 1 aliphatic carbocycles. The van der Waals surface area contributed by atoms with Gasteiger partial charge in [-0.2, -0.15) is 0 Å². The van der Waals surface area contributed by atoms with Gasteiger partial charge >= 0.3 is 0 Å². The Hall–Kier alpha value is -3.51. The van der Waals surface area contributed by atoms with Crippen molar-refractivity contribution in [1.82, 2.24) is 15.6 Å². The predicted molar refractivity (Wildman–Crippen MR) is 151 cm³/mol. The number of hydrogen-bond donors (Lipinski definition) is 2. The molecule has 2 aromatic carbocycles. The van der Waals surface area contributed by atoms with Crippen LogP contribution in [0.1, 0.15) is 73.0 Å². The number of halogens is 1. The van der Waals surface area contributed by atoms with Crippen molar-refractivity contribution in [3.05, 3.63) is 94.8 Å². The fraction of sp³-hybridized carbons (Fsp3) is 0.355. The first-order valence-corrected chi connectivity index (χ1v) is 13.7. The van der Waals surface area contributed by atoms with Crippen molar-refractivity contribution < 1.29 is 9.59 Å². The Morgan fingerprint density at radius 3 is 2.50 bits per heavy atom. The molecule has 2 aliphatic rings. The molecule has 2 unspecified atom stereocenters. The number of hydrogen-bond acceptors (Lipinski definition) is 4. The number of carbonyl (C=O) groups excluding carboxylic acids is 2. The standard InChI is InChI=1S/C31H33ClN4O2/c1-30(36-28(37)24-12-3-5-13-25(24)32,19-22-20-34-26-14-6-4-11-23(22)26)29(38)35-21-31(16-8-2-9-17-31)27-15-7-10-18-33-27/h3-7,10-15,18,20,22H,2,8-9,16-17,19,21H2,1H3,(H,35,38)(H,36,37). The summed E-state index contributed by atoms with van der Waals surface area (Å²) in [7, 11) is 0. The molecule has 0 spiro atoms. The van der Waals surface area contributed by atoms with Crippen LogP contribution in [0.3, 0.4) is 0 Å². The van der Waals surface area contributed by atoms with Gasteiger partial charge in [0.25, 0.3) is 5.91 Å². The van der Waals surface area contributed by atoms with Crippen LogP contribution in [0.5, 0.6) is 0 Å². The highest BCUT2D eigenvalue weighted by molar-refractivity contribution is 6.33. The number of rotatable bonds is 8. The van der Waals surface area contributed by atoms with Gasteiger partial charge in [0.15, 0.2) is 0 Å². The number of para-hydroxylation sites is 1. The van der Waals surface area contributed by atoms with Crippen LogP contribution in [0.4, 0.5) is 5.69 Å². The molecule has 2 amide bonds. The van der Waals surface area contributed by atoms with Gasteiger partial charge in [-0.1, -0.05) is 67.3 Å². The van der Waals surface area contributed by atoms with E-state index in [4.69, 9.17) is 11.6 Å². The van der Waals surface area contributed by atoms with Crippen molar-refractivity contribution in [3.63, 3.8) is 0 Å². The SMILES string of the molecule is CC(CC1C=Nc2ccccc21)(NC(=O)c1ccccc1Cl)C(=O)NCC1(c2ccccn2)CCCCC1. The van der Waals surface area contributed by atoms with Crippen molar-refractivity contribution in [3.8, 4) is 0 Å². The van der Waals surface area contributed by atoms with Crippen molar-refractivity contribution in [2.24, 2.45) is 4.99 Å². The number of amides is 2. The summed E-state index contributed by atoms with van der Waals surface area (Å²) in [6.07, 6.45) is 9.38. The van der Waals surface area contributed by atoms with Crippen molar-refractivity contribution in [2.45, 2.75) is 62.3 Å². The zero-order valence-corrected chi connectivity index (χ0v) is 22.4. The van der Waals surface area contributed by atoms with Crippen LogP contribution in [0.25, 0.3) is 0 Å². The molecule has 1 aromatic heterocycles. The summed E-state index contributed by atoms with van der Waals surface area (Å²) < 4.78 is 0. The molecule has 2 heterocycles. The summed E-state index contributed by atoms with van der Waals surface area (Å²) in [6.45, 7) is 2.26. The van der Waals surface area contributed by atoms with Crippen LogP contribution in [0.2, 0.25) is 5.02 Å². The third-order valence-electron chi connectivity index (χ3n) is 7.97. The highest BCUT2D eigenvalue weighted by Gasteiger charge is 2.41. The predicted octanol–water partition coefficient (Wildman–Crippen LogP) is 6.13. The molecule has 196 valence electrons. The normalized spacial score (nSPS) is 19.3. The lowest BCUT2D eigenvalue weighted by atomic mass is 9.71. The molecule has 1 saturated carbocycles. The Morgan fingerprint density at radius 1 is 1.00 bits per heavy atom. The number of carbonyl (C=O) groups is 2. The van der Waals surface area contributed by atoms with Crippen LogP contribution in [0.15, 0.2) is 77.9 Å². The zero-order valence-electron chi connectivity index (χ0n) is 21.6. The number of nitrogens with zero attached hydrogens (tertiary/aromatic N) is 2. The second-order valence-electron chi connectivity index (χ2n) is 10.7. The van der Waals surface area contributed by atoms with Crippen LogP contribution in [-0.2, 0) is 10.2 Å². The Bertz CT molecular complexity index is 1340. The van der Waals surface area contributed by atoms with Crippen molar-refractivity contribution >= 4 is 35.3 Å². The maximum absolute atomic E-state index is 14.0. The van der Waals surface area contributed by atoms with Crippen molar-refractivity contribution in [1.29, 1.82) is 0 Å². The summed E-state index contributed by atoms with van der Waals surface area (Å²) in [5.41, 5.74) is 1.88. The van der Waals surface area contributed by atoms with Crippen LogP contribution < -0.4 is 10.6 Å². The number of nitrogens with one attached hydrogen (secondary N) is 2. The zero-order chi connectivity index (χ0) is 26.6. The molecule has 7 heteroatoms. The second kappa shape index (κ2) is 11.1. The molecule has 0 saturated heterocycles. The topological polar surface area (TPSA) is 83.5 Å². The molecular weight excluding hydrogens is 496 g/mol. The van der Waals surface area contributed by atoms with Gasteiger partial charge in [-0.15, -0.1) is 0 Å². The van der Waals surface area contributed by atoms with Crippen molar-refractivity contribution in [2.75, 3.05) is 6.54 Å². The number of pyridine rings is 1. The van der Waals surface area contributed by atoms with Gasteiger partial charge in [0.05, 0.1) is 16.3 Å². The molecule has 6 nitrogen and oxygen atoms in total. The quantitative estimate of drug-likeness (QED) is 0.369. The summed E-state index contributed by atoms with van der Waals surface area (Å²) in [5.74, 6) is -0.710. The molecular formula is C31H33ClN4O2. The Labute approximate surface area is 228 Å². The third kappa shape index (κ3) is 5.37. The minimum atomic E-state index is -1.20. The largest absolute Gasteiger partial charge is 0.353 e.